The molecule has 0 bridgehead atoms. The molecule has 1 saturated heterocycles. The second kappa shape index (κ2) is 2.86. The van der Waals surface area contributed by atoms with Crippen LogP contribution in [0.1, 0.15) is 13.3 Å². The van der Waals surface area contributed by atoms with Gasteiger partial charge >= 0.3 is 0 Å². The third kappa shape index (κ3) is 1.48. The molecule has 0 aliphatic carbocycles. The molecule has 0 saturated carbocycles. The van der Waals surface area contributed by atoms with Crippen LogP contribution in [0.15, 0.2) is 0 Å². The van der Waals surface area contributed by atoms with E-state index in [0.29, 0.717) is 12.5 Å². The number of nitrogens with two attached hydrogens (primary N) is 2. The van der Waals surface area contributed by atoms with E-state index in [1.807, 2.05) is 6.92 Å². The van der Waals surface area contributed by atoms with Gasteiger partial charge < -0.3 is 16.2 Å². The highest BCUT2D eigenvalue weighted by molar-refractivity contribution is 4.89. The van der Waals surface area contributed by atoms with Crippen molar-refractivity contribution in [3.05, 3.63) is 0 Å². The first-order valence-corrected chi connectivity index (χ1v) is 3.73. The number of ether oxygens (including phenoxy) is 1. The molecule has 1 heterocycles. The van der Waals surface area contributed by atoms with Crippen molar-refractivity contribution >= 4 is 0 Å². The fourth-order valence-corrected chi connectivity index (χ4v) is 1.22. The van der Waals surface area contributed by atoms with Gasteiger partial charge in [-0.15, -0.1) is 0 Å². The van der Waals surface area contributed by atoms with Crippen molar-refractivity contribution in [3.8, 4) is 0 Å². The Labute approximate surface area is 61.7 Å². The van der Waals surface area contributed by atoms with Gasteiger partial charge in [-0.25, -0.2) is 0 Å². The van der Waals surface area contributed by atoms with Crippen molar-refractivity contribution in [2.24, 2.45) is 17.4 Å². The van der Waals surface area contributed by atoms with E-state index in [9.17, 15) is 0 Å². The molecule has 3 nitrogen and oxygen atoms in total. The molecule has 1 fully saturated rings. The Morgan fingerprint density at radius 2 is 2.40 bits per heavy atom. The van der Waals surface area contributed by atoms with Crippen molar-refractivity contribution in [1.82, 2.24) is 0 Å². The van der Waals surface area contributed by atoms with Crippen LogP contribution in [0.5, 0.6) is 0 Å². The van der Waals surface area contributed by atoms with Gasteiger partial charge in [0, 0.05) is 24.6 Å². The maximum atomic E-state index is 5.92. The zero-order chi connectivity index (χ0) is 7.61. The van der Waals surface area contributed by atoms with Gasteiger partial charge in [0.05, 0.1) is 6.61 Å². The van der Waals surface area contributed by atoms with Gasteiger partial charge in [-0.3, -0.25) is 0 Å². The van der Waals surface area contributed by atoms with Crippen molar-refractivity contribution in [2.45, 2.75) is 18.9 Å². The molecule has 1 aliphatic rings. The lowest BCUT2D eigenvalue weighted by molar-refractivity contribution is 0.168. The first kappa shape index (κ1) is 7.98. The monoisotopic (exact) mass is 144 g/mol. The SMILES string of the molecule is CC(N)(CN)C1CCOC1. The zero-order valence-corrected chi connectivity index (χ0v) is 6.47. The Balaban J connectivity index is 2.45. The van der Waals surface area contributed by atoms with Gasteiger partial charge in [0.15, 0.2) is 0 Å². The quantitative estimate of drug-likeness (QED) is 0.559. The van der Waals surface area contributed by atoms with Gasteiger partial charge in [-0.2, -0.15) is 0 Å². The topological polar surface area (TPSA) is 61.3 Å². The molecule has 0 radical (unpaired) electrons. The summed E-state index contributed by atoms with van der Waals surface area (Å²) in [4.78, 5) is 0. The van der Waals surface area contributed by atoms with Crippen molar-refractivity contribution in [3.63, 3.8) is 0 Å². The van der Waals surface area contributed by atoms with Crippen LogP contribution < -0.4 is 11.5 Å². The number of hydrogen-bond acceptors (Lipinski definition) is 3. The normalized spacial score (nSPS) is 32.1. The van der Waals surface area contributed by atoms with Crippen LogP contribution in [0, 0.1) is 5.92 Å². The second-order valence-electron chi connectivity index (χ2n) is 3.27. The third-order valence-electron chi connectivity index (χ3n) is 2.30. The van der Waals surface area contributed by atoms with Crippen LogP contribution in [0.25, 0.3) is 0 Å². The molecule has 0 amide bonds. The van der Waals surface area contributed by atoms with Crippen molar-refractivity contribution in [1.29, 1.82) is 0 Å². The lowest BCUT2D eigenvalue weighted by Crippen LogP contribution is -2.50. The summed E-state index contributed by atoms with van der Waals surface area (Å²) in [6.45, 7) is 4.16. The Bertz CT molecular complexity index is 108. The fraction of sp³-hybridized carbons (Fsp3) is 1.00. The summed E-state index contributed by atoms with van der Waals surface area (Å²) < 4.78 is 5.21. The predicted octanol–water partition coefficient (Wildman–Crippen LogP) is -0.301. The largest absolute Gasteiger partial charge is 0.381 e. The minimum absolute atomic E-state index is 0.226. The average molecular weight is 144 g/mol. The zero-order valence-electron chi connectivity index (χ0n) is 6.47. The summed E-state index contributed by atoms with van der Waals surface area (Å²) >= 11 is 0. The highest BCUT2D eigenvalue weighted by atomic mass is 16.5. The molecule has 0 aromatic rings. The summed E-state index contributed by atoms with van der Waals surface area (Å²) in [6, 6.07) is 0. The van der Waals surface area contributed by atoms with Crippen LogP contribution in [-0.4, -0.2) is 25.3 Å². The van der Waals surface area contributed by atoms with E-state index in [0.717, 1.165) is 19.6 Å². The average Bonchev–Trinajstić information content (AvgIpc) is 2.38. The summed E-state index contributed by atoms with van der Waals surface area (Å²) in [5.74, 6) is 0.456. The molecule has 10 heavy (non-hydrogen) atoms. The fourth-order valence-electron chi connectivity index (χ4n) is 1.22. The minimum Gasteiger partial charge on any atom is -0.381 e. The highest BCUT2D eigenvalue weighted by Crippen LogP contribution is 2.22. The van der Waals surface area contributed by atoms with Crippen LogP contribution in [-0.2, 0) is 4.74 Å². The molecular formula is C7H16N2O. The molecule has 3 heteroatoms. The van der Waals surface area contributed by atoms with E-state index in [2.05, 4.69) is 0 Å². The highest BCUT2D eigenvalue weighted by Gasteiger charge is 2.31. The van der Waals surface area contributed by atoms with E-state index >= 15 is 0 Å². The predicted molar refractivity (Wildman–Crippen MR) is 40.6 cm³/mol. The first-order valence-electron chi connectivity index (χ1n) is 3.73. The van der Waals surface area contributed by atoms with Gasteiger partial charge in [0.25, 0.3) is 0 Å². The molecule has 2 atom stereocenters. The summed E-state index contributed by atoms with van der Waals surface area (Å²) in [5, 5.41) is 0. The van der Waals surface area contributed by atoms with Crippen LogP contribution >= 0.6 is 0 Å². The standard InChI is InChI=1S/C7H16N2O/c1-7(9,5-8)6-2-3-10-4-6/h6H,2-5,8-9H2,1H3. The van der Waals surface area contributed by atoms with Gasteiger partial charge in [0.2, 0.25) is 0 Å². The van der Waals surface area contributed by atoms with E-state index in [1.165, 1.54) is 0 Å². The molecule has 0 aromatic heterocycles. The molecule has 4 N–H and O–H groups in total. The van der Waals surface area contributed by atoms with Crippen LogP contribution in [0.2, 0.25) is 0 Å². The summed E-state index contributed by atoms with van der Waals surface area (Å²) in [7, 11) is 0. The molecule has 1 rings (SSSR count). The molecule has 2 unspecified atom stereocenters. The van der Waals surface area contributed by atoms with E-state index in [-0.39, 0.29) is 5.54 Å². The Morgan fingerprint density at radius 3 is 2.80 bits per heavy atom. The Kier molecular flexibility index (Phi) is 2.28. The van der Waals surface area contributed by atoms with Gasteiger partial charge in [0.1, 0.15) is 0 Å². The minimum atomic E-state index is -0.226. The lowest BCUT2D eigenvalue weighted by Gasteiger charge is -2.28. The van der Waals surface area contributed by atoms with E-state index < -0.39 is 0 Å². The molecular weight excluding hydrogens is 128 g/mol. The molecule has 1 aliphatic heterocycles. The van der Waals surface area contributed by atoms with Gasteiger partial charge in [-0.1, -0.05) is 0 Å². The maximum absolute atomic E-state index is 5.92. The van der Waals surface area contributed by atoms with Gasteiger partial charge in [-0.05, 0) is 13.3 Å². The second-order valence-corrected chi connectivity index (χ2v) is 3.27. The Hall–Kier alpha value is -0.120. The number of rotatable bonds is 2. The van der Waals surface area contributed by atoms with E-state index in [1.54, 1.807) is 0 Å². The Morgan fingerprint density at radius 1 is 1.70 bits per heavy atom. The summed E-state index contributed by atoms with van der Waals surface area (Å²) in [5.41, 5.74) is 11.2. The third-order valence-corrected chi connectivity index (χ3v) is 2.30. The van der Waals surface area contributed by atoms with E-state index in [4.69, 9.17) is 16.2 Å². The first-order chi connectivity index (χ1) is 4.67. The lowest BCUT2D eigenvalue weighted by atomic mass is 9.86. The molecule has 60 valence electrons. The smallest absolute Gasteiger partial charge is 0.0513 e. The van der Waals surface area contributed by atoms with Crippen molar-refractivity contribution < 1.29 is 4.74 Å². The molecule has 0 aromatic carbocycles. The number of hydrogen-bond donors (Lipinski definition) is 2. The van der Waals surface area contributed by atoms with Crippen molar-refractivity contribution in [2.75, 3.05) is 19.8 Å². The van der Waals surface area contributed by atoms with Crippen LogP contribution in [0.4, 0.5) is 0 Å². The van der Waals surface area contributed by atoms with Crippen LogP contribution in [0.3, 0.4) is 0 Å². The maximum Gasteiger partial charge on any atom is 0.0513 e. The molecule has 0 spiro atoms. The summed E-state index contributed by atoms with van der Waals surface area (Å²) in [6.07, 6.45) is 1.06.